The van der Waals surface area contributed by atoms with Crippen LogP contribution in [0.15, 0.2) is 53.6 Å². The zero-order chi connectivity index (χ0) is 16.8. The number of nitrogens with one attached hydrogen (secondary N) is 1. The first kappa shape index (κ1) is 16.4. The average Bonchev–Trinajstić information content (AvgIpc) is 2.53. The van der Waals surface area contributed by atoms with E-state index in [4.69, 9.17) is 5.11 Å². The van der Waals surface area contributed by atoms with E-state index < -0.39 is 12.6 Å². The van der Waals surface area contributed by atoms with Gasteiger partial charge < -0.3 is 9.84 Å². The second kappa shape index (κ2) is 7.35. The number of anilines is 1. The lowest BCUT2D eigenvalue weighted by Gasteiger charge is -2.10. The van der Waals surface area contributed by atoms with Crippen LogP contribution in [0.1, 0.15) is 22.8 Å². The van der Waals surface area contributed by atoms with Crippen LogP contribution in [0.5, 0.6) is 5.75 Å². The summed E-state index contributed by atoms with van der Waals surface area (Å²) >= 11 is 0. The molecule has 0 spiro atoms. The van der Waals surface area contributed by atoms with Crippen molar-refractivity contribution in [3.8, 4) is 5.75 Å². The van der Waals surface area contributed by atoms with Crippen LogP contribution in [0.4, 0.5) is 14.5 Å². The SMILES string of the molecule is C/C(=N/Nc1ccc(C(=O)O)cc1)c1ccccc1OC(F)F. The first-order chi connectivity index (χ1) is 11.0. The highest BCUT2D eigenvalue weighted by Gasteiger charge is 2.11. The van der Waals surface area contributed by atoms with Gasteiger partial charge in [-0.1, -0.05) is 12.1 Å². The fraction of sp³-hybridized carbons (Fsp3) is 0.125. The molecule has 0 fully saturated rings. The minimum absolute atomic E-state index is 0.0341. The van der Waals surface area contributed by atoms with Crippen molar-refractivity contribution in [2.24, 2.45) is 5.10 Å². The lowest BCUT2D eigenvalue weighted by Crippen LogP contribution is -2.08. The minimum Gasteiger partial charge on any atom is -0.478 e. The van der Waals surface area contributed by atoms with Gasteiger partial charge in [-0.2, -0.15) is 13.9 Å². The van der Waals surface area contributed by atoms with Gasteiger partial charge in [0.2, 0.25) is 0 Å². The van der Waals surface area contributed by atoms with Crippen molar-refractivity contribution >= 4 is 17.4 Å². The molecule has 2 aromatic rings. The Balaban J connectivity index is 2.15. The van der Waals surface area contributed by atoms with Gasteiger partial charge in [-0.25, -0.2) is 4.79 Å². The predicted octanol–water partition coefficient (Wildman–Crippen LogP) is 3.82. The Labute approximate surface area is 131 Å². The molecule has 0 aliphatic carbocycles. The van der Waals surface area contributed by atoms with E-state index in [2.05, 4.69) is 15.3 Å². The van der Waals surface area contributed by atoms with E-state index in [1.807, 2.05) is 0 Å². The van der Waals surface area contributed by atoms with Crippen molar-refractivity contribution in [3.63, 3.8) is 0 Å². The molecule has 0 aliphatic rings. The number of carbonyl (C=O) groups is 1. The molecule has 2 aromatic carbocycles. The van der Waals surface area contributed by atoms with Crippen molar-refractivity contribution in [1.82, 2.24) is 0 Å². The zero-order valence-electron chi connectivity index (χ0n) is 12.2. The molecule has 7 heteroatoms. The number of alkyl halides is 2. The highest BCUT2D eigenvalue weighted by atomic mass is 19.3. The third-order valence-corrected chi connectivity index (χ3v) is 2.98. The normalized spacial score (nSPS) is 11.4. The topological polar surface area (TPSA) is 70.9 Å². The van der Waals surface area contributed by atoms with Crippen molar-refractivity contribution < 1.29 is 23.4 Å². The number of carboxylic acid groups (broad SMARTS) is 1. The Morgan fingerprint density at radius 3 is 2.43 bits per heavy atom. The van der Waals surface area contributed by atoms with Crippen LogP contribution < -0.4 is 10.2 Å². The molecule has 2 N–H and O–H groups in total. The Hall–Kier alpha value is -2.96. The fourth-order valence-corrected chi connectivity index (χ4v) is 1.86. The molecule has 0 aromatic heterocycles. The second-order valence-electron chi connectivity index (χ2n) is 4.57. The number of hydrazone groups is 1. The van der Waals surface area contributed by atoms with Gasteiger partial charge in [0.25, 0.3) is 0 Å². The molecular weight excluding hydrogens is 306 g/mol. The van der Waals surface area contributed by atoms with Crippen LogP contribution in [0.25, 0.3) is 0 Å². The summed E-state index contributed by atoms with van der Waals surface area (Å²) in [6.07, 6.45) is 0. The third kappa shape index (κ3) is 4.50. The van der Waals surface area contributed by atoms with Crippen LogP contribution in [0.3, 0.4) is 0 Å². The van der Waals surface area contributed by atoms with Gasteiger partial charge in [0.1, 0.15) is 5.75 Å². The van der Waals surface area contributed by atoms with Crippen LogP contribution in [0, 0.1) is 0 Å². The van der Waals surface area contributed by atoms with Crippen LogP contribution in [-0.2, 0) is 0 Å². The molecule has 0 amide bonds. The quantitative estimate of drug-likeness (QED) is 0.627. The highest BCUT2D eigenvalue weighted by molar-refractivity contribution is 6.01. The van der Waals surface area contributed by atoms with Gasteiger partial charge in [0.15, 0.2) is 0 Å². The molecule has 5 nitrogen and oxygen atoms in total. The summed E-state index contributed by atoms with van der Waals surface area (Å²) in [5.74, 6) is -0.985. The van der Waals surface area contributed by atoms with Crippen LogP contribution in [-0.4, -0.2) is 23.4 Å². The van der Waals surface area contributed by atoms with Gasteiger partial charge in [-0.15, -0.1) is 0 Å². The van der Waals surface area contributed by atoms with Crippen molar-refractivity contribution in [1.29, 1.82) is 0 Å². The number of ether oxygens (including phenoxy) is 1. The smallest absolute Gasteiger partial charge is 0.387 e. The molecule has 0 radical (unpaired) electrons. The van der Waals surface area contributed by atoms with E-state index in [9.17, 15) is 13.6 Å². The molecule has 0 atom stereocenters. The maximum Gasteiger partial charge on any atom is 0.387 e. The van der Waals surface area contributed by atoms with E-state index in [1.54, 1.807) is 37.3 Å². The number of carboxylic acids is 1. The monoisotopic (exact) mass is 320 g/mol. The third-order valence-electron chi connectivity index (χ3n) is 2.98. The molecule has 0 unspecified atom stereocenters. The lowest BCUT2D eigenvalue weighted by molar-refractivity contribution is -0.0499. The number of hydrogen-bond donors (Lipinski definition) is 2. The van der Waals surface area contributed by atoms with Crippen molar-refractivity contribution in [2.45, 2.75) is 13.5 Å². The molecule has 120 valence electrons. The number of benzene rings is 2. The Kier molecular flexibility index (Phi) is 5.24. The molecular formula is C16H14F2N2O3. The number of rotatable bonds is 6. The second-order valence-corrected chi connectivity index (χ2v) is 4.57. The van der Waals surface area contributed by atoms with Crippen molar-refractivity contribution in [2.75, 3.05) is 5.43 Å². The summed E-state index contributed by atoms with van der Waals surface area (Å²) in [6.45, 7) is -1.27. The van der Waals surface area contributed by atoms with E-state index in [1.165, 1.54) is 18.2 Å². The molecule has 0 bridgehead atoms. The van der Waals surface area contributed by atoms with E-state index >= 15 is 0 Å². The minimum atomic E-state index is -2.92. The van der Waals surface area contributed by atoms with Crippen LogP contribution in [0.2, 0.25) is 0 Å². The number of para-hydroxylation sites is 1. The maximum absolute atomic E-state index is 12.4. The number of nitrogens with zero attached hydrogens (tertiary/aromatic N) is 1. The van der Waals surface area contributed by atoms with Gasteiger partial charge >= 0.3 is 12.6 Å². The maximum atomic E-state index is 12.4. The van der Waals surface area contributed by atoms with Crippen molar-refractivity contribution in [3.05, 3.63) is 59.7 Å². The molecule has 2 rings (SSSR count). The van der Waals surface area contributed by atoms with Crippen LogP contribution >= 0.6 is 0 Å². The summed E-state index contributed by atoms with van der Waals surface area (Å²) in [4.78, 5) is 10.8. The Morgan fingerprint density at radius 1 is 1.17 bits per heavy atom. The number of aromatic carboxylic acids is 1. The summed E-state index contributed by atoms with van der Waals surface area (Å²) in [7, 11) is 0. The summed E-state index contributed by atoms with van der Waals surface area (Å²) in [5.41, 5.74) is 4.35. The first-order valence-corrected chi connectivity index (χ1v) is 6.65. The number of halogens is 2. The van der Waals surface area contributed by atoms with Gasteiger partial charge in [-0.3, -0.25) is 5.43 Å². The van der Waals surface area contributed by atoms with Gasteiger partial charge in [0, 0.05) is 5.56 Å². The molecule has 0 saturated heterocycles. The molecule has 0 heterocycles. The van der Waals surface area contributed by atoms with E-state index in [0.29, 0.717) is 17.0 Å². The van der Waals surface area contributed by atoms with Gasteiger partial charge in [-0.05, 0) is 43.3 Å². The largest absolute Gasteiger partial charge is 0.478 e. The molecule has 23 heavy (non-hydrogen) atoms. The first-order valence-electron chi connectivity index (χ1n) is 6.65. The fourth-order valence-electron chi connectivity index (χ4n) is 1.86. The van der Waals surface area contributed by atoms with E-state index in [0.717, 1.165) is 0 Å². The highest BCUT2D eigenvalue weighted by Crippen LogP contribution is 2.21. The average molecular weight is 320 g/mol. The molecule has 0 saturated carbocycles. The molecule has 0 aliphatic heterocycles. The zero-order valence-corrected chi connectivity index (χ0v) is 12.2. The standard InChI is InChI=1S/C16H14F2N2O3/c1-10(13-4-2-3-5-14(13)23-16(17)18)19-20-12-8-6-11(7-9-12)15(21)22/h2-9,16,20H,1H3,(H,21,22)/b19-10-. The Morgan fingerprint density at radius 2 is 1.83 bits per heavy atom. The Bertz CT molecular complexity index is 716. The summed E-state index contributed by atoms with van der Waals surface area (Å²) < 4.78 is 29.2. The van der Waals surface area contributed by atoms with Gasteiger partial charge in [0.05, 0.1) is 17.0 Å². The van der Waals surface area contributed by atoms with E-state index in [-0.39, 0.29) is 11.3 Å². The summed E-state index contributed by atoms with van der Waals surface area (Å²) in [6, 6.07) is 12.3. The lowest BCUT2D eigenvalue weighted by atomic mass is 10.1. The summed E-state index contributed by atoms with van der Waals surface area (Å²) in [5, 5.41) is 12.9. The predicted molar refractivity (Wildman–Crippen MR) is 82.3 cm³/mol. The number of hydrogen-bond acceptors (Lipinski definition) is 4.